The Labute approximate surface area is 133 Å². The summed E-state index contributed by atoms with van der Waals surface area (Å²) in [4.78, 5) is 3.87. The molecule has 2 heterocycles. The number of piperidine rings is 1. The van der Waals surface area contributed by atoms with E-state index in [4.69, 9.17) is 11.6 Å². The standard InChI is InChI=1S/C14H22BrClN2S/c1-14(2,3)18-6-4-10(5-7-18)17-9-11-8-12(15)13(16)19-11/h8,10,17H,4-7,9H2,1-3H3. The summed E-state index contributed by atoms with van der Waals surface area (Å²) in [5.74, 6) is 0. The van der Waals surface area contributed by atoms with E-state index >= 15 is 0 Å². The van der Waals surface area contributed by atoms with Gasteiger partial charge < -0.3 is 5.32 Å². The van der Waals surface area contributed by atoms with Crippen LogP contribution in [0.3, 0.4) is 0 Å². The van der Waals surface area contributed by atoms with Gasteiger partial charge in [0.05, 0.1) is 0 Å². The molecule has 1 aliphatic heterocycles. The maximum absolute atomic E-state index is 6.06. The van der Waals surface area contributed by atoms with Crippen LogP contribution in [0, 0.1) is 0 Å². The number of hydrogen-bond acceptors (Lipinski definition) is 3. The van der Waals surface area contributed by atoms with Gasteiger partial charge in [0.2, 0.25) is 0 Å². The fourth-order valence-corrected chi connectivity index (χ4v) is 4.22. The molecule has 108 valence electrons. The number of nitrogens with one attached hydrogen (secondary N) is 1. The zero-order valence-electron chi connectivity index (χ0n) is 11.8. The monoisotopic (exact) mass is 364 g/mol. The van der Waals surface area contributed by atoms with Crippen molar-refractivity contribution in [2.45, 2.75) is 51.7 Å². The summed E-state index contributed by atoms with van der Waals surface area (Å²) in [6, 6.07) is 2.75. The van der Waals surface area contributed by atoms with Crippen molar-refractivity contribution < 1.29 is 0 Å². The highest BCUT2D eigenvalue weighted by molar-refractivity contribution is 9.10. The predicted molar refractivity (Wildman–Crippen MR) is 88.2 cm³/mol. The van der Waals surface area contributed by atoms with Crippen LogP contribution in [0.2, 0.25) is 4.34 Å². The lowest BCUT2D eigenvalue weighted by molar-refractivity contribution is 0.0961. The Hall–Kier alpha value is 0.390. The van der Waals surface area contributed by atoms with Crippen molar-refractivity contribution in [3.8, 4) is 0 Å². The van der Waals surface area contributed by atoms with E-state index in [1.54, 1.807) is 11.3 Å². The average Bonchev–Trinajstić information content (AvgIpc) is 2.66. The van der Waals surface area contributed by atoms with Gasteiger partial charge in [-0.15, -0.1) is 11.3 Å². The first kappa shape index (κ1) is 15.8. The molecule has 1 saturated heterocycles. The molecule has 1 N–H and O–H groups in total. The van der Waals surface area contributed by atoms with Crippen molar-refractivity contribution in [3.05, 3.63) is 19.8 Å². The molecule has 5 heteroatoms. The SMILES string of the molecule is CC(C)(C)N1CCC(NCc2cc(Br)c(Cl)s2)CC1. The number of halogens is 2. The number of hydrogen-bond donors (Lipinski definition) is 1. The molecule has 0 atom stereocenters. The molecule has 19 heavy (non-hydrogen) atoms. The van der Waals surface area contributed by atoms with Gasteiger partial charge in [-0.05, 0) is 55.6 Å². The van der Waals surface area contributed by atoms with Crippen molar-refractivity contribution in [2.24, 2.45) is 0 Å². The summed E-state index contributed by atoms with van der Waals surface area (Å²) in [5, 5.41) is 3.65. The highest BCUT2D eigenvalue weighted by atomic mass is 79.9. The van der Waals surface area contributed by atoms with Crippen molar-refractivity contribution in [1.29, 1.82) is 0 Å². The second-order valence-electron chi connectivity index (χ2n) is 6.15. The minimum atomic E-state index is 0.303. The van der Waals surface area contributed by atoms with Gasteiger partial charge in [-0.1, -0.05) is 11.6 Å². The van der Waals surface area contributed by atoms with Gasteiger partial charge in [-0.3, -0.25) is 4.90 Å². The van der Waals surface area contributed by atoms with E-state index in [0.29, 0.717) is 11.6 Å². The Bertz CT molecular complexity index is 400. The van der Waals surface area contributed by atoms with Crippen LogP contribution in [0.15, 0.2) is 10.5 Å². The summed E-state index contributed by atoms with van der Waals surface area (Å²) in [5.41, 5.74) is 0.303. The lowest BCUT2D eigenvalue weighted by Gasteiger charge is -2.41. The molecular weight excluding hydrogens is 344 g/mol. The van der Waals surface area contributed by atoms with E-state index in [2.05, 4.69) is 53.0 Å². The molecule has 0 unspecified atom stereocenters. The van der Waals surface area contributed by atoms with Gasteiger partial charge >= 0.3 is 0 Å². The number of nitrogens with zero attached hydrogens (tertiary/aromatic N) is 1. The molecule has 0 spiro atoms. The van der Waals surface area contributed by atoms with Crippen molar-refractivity contribution in [2.75, 3.05) is 13.1 Å². The molecule has 0 saturated carbocycles. The van der Waals surface area contributed by atoms with Gasteiger partial charge in [-0.25, -0.2) is 0 Å². The summed E-state index contributed by atoms with van der Waals surface area (Å²) >= 11 is 11.2. The topological polar surface area (TPSA) is 15.3 Å². The van der Waals surface area contributed by atoms with Crippen LogP contribution < -0.4 is 5.32 Å². The summed E-state index contributed by atoms with van der Waals surface area (Å²) < 4.78 is 1.86. The third-order valence-electron chi connectivity index (χ3n) is 3.70. The van der Waals surface area contributed by atoms with Crippen molar-refractivity contribution >= 4 is 38.9 Å². The largest absolute Gasteiger partial charge is 0.309 e. The minimum Gasteiger partial charge on any atom is -0.309 e. The molecule has 2 rings (SSSR count). The van der Waals surface area contributed by atoms with E-state index < -0.39 is 0 Å². The molecule has 2 nitrogen and oxygen atoms in total. The molecule has 1 fully saturated rings. The smallest absolute Gasteiger partial charge is 0.107 e. The molecular formula is C14H22BrClN2S. The summed E-state index contributed by atoms with van der Waals surface area (Å²) in [6.45, 7) is 10.2. The first-order valence-electron chi connectivity index (χ1n) is 6.78. The molecule has 0 bridgehead atoms. The van der Waals surface area contributed by atoms with Crippen LogP contribution in [-0.4, -0.2) is 29.6 Å². The fourth-order valence-electron chi connectivity index (χ4n) is 2.48. The van der Waals surface area contributed by atoms with Crippen LogP contribution in [0.5, 0.6) is 0 Å². The quantitative estimate of drug-likeness (QED) is 0.847. The average molecular weight is 366 g/mol. The number of likely N-dealkylation sites (tertiary alicyclic amines) is 1. The molecule has 0 aliphatic carbocycles. The van der Waals surface area contributed by atoms with Crippen LogP contribution in [0.25, 0.3) is 0 Å². The molecule has 1 aromatic rings. The molecule has 0 aromatic carbocycles. The Kier molecular flexibility index (Phi) is 5.34. The van der Waals surface area contributed by atoms with Gasteiger partial charge in [0.15, 0.2) is 0 Å². The van der Waals surface area contributed by atoms with E-state index in [1.165, 1.54) is 30.8 Å². The predicted octanol–water partition coefficient (Wildman–Crippen LogP) is 4.52. The Balaban J connectivity index is 1.77. The minimum absolute atomic E-state index is 0.303. The van der Waals surface area contributed by atoms with Gasteiger partial charge in [-0.2, -0.15) is 0 Å². The highest BCUT2D eigenvalue weighted by Crippen LogP contribution is 2.32. The molecule has 1 aromatic heterocycles. The maximum atomic E-state index is 6.06. The molecule has 0 radical (unpaired) electrons. The first-order chi connectivity index (χ1) is 8.86. The van der Waals surface area contributed by atoms with E-state index in [-0.39, 0.29) is 0 Å². The van der Waals surface area contributed by atoms with Crippen LogP contribution in [0.1, 0.15) is 38.5 Å². The summed E-state index contributed by atoms with van der Waals surface area (Å²) in [7, 11) is 0. The third-order valence-corrected chi connectivity index (χ3v) is 6.18. The number of rotatable bonds is 3. The Morgan fingerprint density at radius 2 is 2.05 bits per heavy atom. The van der Waals surface area contributed by atoms with E-state index in [9.17, 15) is 0 Å². The zero-order chi connectivity index (χ0) is 14.0. The van der Waals surface area contributed by atoms with Crippen LogP contribution >= 0.6 is 38.9 Å². The second-order valence-corrected chi connectivity index (χ2v) is 8.74. The lowest BCUT2D eigenvalue weighted by Crippen LogP contribution is -2.49. The molecule has 1 aliphatic rings. The Morgan fingerprint density at radius 3 is 2.53 bits per heavy atom. The van der Waals surface area contributed by atoms with E-state index in [1.807, 2.05) is 0 Å². The van der Waals surface area contributed by atoms with E-state index in [0.717, 1.165) is 15.4 Å². The van der Waals surface area contributed by atoms with Gasteiger partial charge in [0.25, 0.3) is 0 Å². The first-order valence-corrected chi connectivity index (χ1v) is 8.77. The fraction of sp³-hybridized carbons (Fsp3) is 0.714. The Morgan fingerprint density at radius 1 is 1.42 bits per heavy atom. The van der Waals surface area contributed by atoms with Crippen LogP contribution in [-0.2, 0) is 6.54 Å². The van der Waals surface area contributed by atoms with Gasteiger partial charge in [0.1, 0.15) is 4.34 Å². The van der Waals surface area contributed by atoms with Crippen LogP contribution in [0.4, 0.5) is 0 Å². The maximum Gasteiger partial charge on any atom is 0.107 e. The third kappa shape index (κ3) is 4.43. The molecule has 0 amide bonds. The zero-order valence-corrected chi connectivity index (χ0v) is 15.0. The number of thiophene rings is 1. The highest BCUT2D eigenvalue weighted by Gasteiger charge is 2.26. The lowest BCUT2D eigenvalue weighted by atomic mass is 9.98. The van der Waals surface area contributed by atoms with Gasteiger partial charge in [0, 0.05) is 40.6 Å². The van der Waals surface area contributed by atoms with Crippen molar-refractivity contribution in [1.82, 2.24) is 10.2 Å². The van der Waals surface area contributed by atoms with Crippen molar-refractivity contribution in [3.63, 3.8) is 0 Å². The normalized spacial score (nSPS) is 19.0. The summed E-state index contributed by atoms with van der Waals surface area (Å²) in [6.07, 6.45) is 2.47. The second kappa shape index (κ2) is 6.44.